The van der Waals surface area contributed by atoms with E-state index in [0.717, 1.165) is 24.4 Å². The zero-order chi connectivity index (χ0) is 37.7. The Hall–Kier alpha value is -4.97. The highest BCUT2D eigenvalue weighted by molar-refractivity contribution is 5.90. The van der Waals surface area contributed by atoms with Crippen LogP contribution in [0.4, 0.5) is 55.9 Å². The van der Waals surface area contributed by atoms with Crippen molar-refractivity contribution in [3.05, 3.63) is 76.1 Å². The maximum absolute atomic E-state index is 13.8. The van der Waals surface area contributed by atoms with E-state index in [-0.39, 0.29) is 73.0 Å². The number of amides is 1. The minimum Gasteiger partial charge on any atom is -0.490 e. The van der Waals surface area contributed by atoms with E-state index in [4.69, 9.17) is 20.4 Å². The summed E-state index contributed by atoms with van der Waals surface area (Å²) in [5.74, 6) is -0.467. The van der Waals surface area contributed by atoms with E-state index in [1.165, 1.54) is 4.90 Å². The maximum atomic E-state index is 13.8. The van der Waals surface area contributed by atoms with Crippen LogP contribution < -0.4 is 20.7 Å². The van der Waals surface area contributed by atoms with Gasteiger partial charge in [0.25, 0.3) is 0 Å². The number of halogens is 9. The van der Waals surface area contributed by atoms with Gasteiger partial charge in [-0.15, -0.1) is 0 Å². The van der Waals surface area contributed by atoms with E-state index in [9.17, 15) is 44.3 Å². The Balaban J connectivity index is 1.78. The van der Waals surface area contributed by atoms with Crippen molar-refractivity contribution < 1.29 is 59.0 Å². The fourth-order valence-corrected chi connectivity index (χ4v) is 5.54. The molecule has 278 valence electrons. The number of rotatable bonds is 11. The zero-order valence-electron chi connectivity index (χ0n) is 27.1. The Bertz CT molecular complexity index is 1700. The van der Waals surface area contributed by atoms with E-state index in [1.807, 2.05) is 0 Å². The highest BCUT2D eigenvalue weighted by Crippen LogP contribution is 2.43. The molecule has 19 heteroatoms. The molecule has 51 heavy (non-hydrogen) atoms. The molecule has 1 amide bonds. The molecule has 0 aliphatic carbocycles. The molecule has 2 aromatic carbocycles. The van der Waals surface area contributed by atoms with Crippen molar-refractivity contribution in [2.24, 2.45) is 10.9 Å². The van der Waals surface area contributed by atoms with Crippen LogP contribution in [0, 0.1) is 0 Å². The number of ether oxygens (including phenoxy) is 2. The first-order valence-corrected chi connectivity index (χ1v) is 15.5. The van der Waals surface area contributed by atoms with E-state index < -0.39 is 65.4 Å². The molecule has 0 saturated heterocycles. The van der Waals surface area contributed by atoms with Gasteiger partial charge in [-0.3, -0.25) is 4.90 Å². The third-order valence-corrected chi connectivity index (χ3v) is 7.91. The molecule has 2 heterocycles. The third-order valence-electron chi connectivity index (χ3n) is 7.91. The van der Waals surface area contributed by atoms with Gasteiger partial charge in [0.15, 0.2) is 5.75 Å². The molecular formula is C32H33F9N6O4. The van der Waals surface area contributed by atoms with Crippen molar-refractivity contribution >= 4 is 23.6 Å². The number of alkyl halides is 9. The third kappa shape index (κ3) is 9.63. The number of carbonyl (C=O) groups excluding carboxylic acids is 1. The SMILES string of the molecule is CCOC(=O)N1c2ccc(C(F)(F)F)cc2[C@@H](Nc2ncc(OCCC/C(N)=N/O)c(Cc3cc(C(F)(F)F)cc(C(F)(F)F)c3)n2)C[C@H]1CC. The minimum atomic E-state index is -5.11. The lowest BCUT2D eigenvalue weighted by molar-refractivity contribution is -0.143. The number of nitrogens with zero attached hydrogens (tertiary/aromatic N) is 4. The summed E-state index contributed by atoms with van der Waals surface area (Å²) in [6.45, 7) is 3.24. The summed E-state index contributed by atoms with van der Waals surface area (Å²) in [5.41, 5.74) is 0.969. The second kappa shape index (κ2) is 15.5. The number of nitrogens with two attached hydrogens (primary N) is 1. The van der Waals surface area contributed by atoms with Crippen LogP contribution in [-0.4, -0.2) is 46.4 Å². The van der Waals surface area contributed by atoms with Gasteiger partial charge in [0.05, 0.1) is 53.5 Å². The Labute approximate surface area is 285 Å². The maximum Gasteiger partial charge on any atom is 0.416 e. The quantitative estimate of drug-likeness (QED) is 0.0447. The number of hydrogen-bond donors (Lipinski definition) is 3. The Morgan fingerprint density at radius 1 is 1.00 bits per heavy atom. The number of nitrogens with one attached hydrogen (secondary N) is 1. The normalized spacial score (nSPS) is 16.8. The molecule has 3 aromatic rings. The van der Waals surface area contributed by atoms with Crippen molar-refractivity contribution in [2.45, 2.75) is 76.6 Å². The summed E-state index contributed by atoms with van der Waals surface area (Å²) in [4.78, 5) is 22.7. The fourth-order valence-electron chi connectivity index (χ4n) is 5.54. The molecule has 0 radical (unpaired) electrons. The van der Waals surface area contributed by atoms with Gasteiger partial charge in [0.2, 0.25) is 5.95 Å². The molecule has 1 aliphatic heterocycles. The van der Waals surface area contributed by atoms with Crippen molar-refractivity contribution in [2.75, 3.05) is 23.4 Å². The van der Waals surface area contributed by atoms with Crippen LogP contribution in [0.5, 0.6) is 5.75 Å². The summed E-state index contributed by atoms with van der Waals surface area (Å²) in [7, 11) is 0. The molecule has 1 aromatic heterocycles. The van der Waals surface area contributed by atoms with Crippen molar-refractivity contribution in [3.63, 3.8) is 0 Å². The van der Waals surface area contributed by atoms with Gasteiger partial charge in [-0.05, 0) is 73.7 Å². The van der Waals surface area contributed by atoms with Crippen molar-refractivity contribution in [1.29, 1.82) is 0 Å². The molecule has 1 aliphatic rings. The molecule has 10 nitrogen and oxygen atoms in total. The van der Waals surface area contributed by atoms with Crippen LogP contribution in [0.2, 0.25) is 0 Å². The molecule has 4 N–H and O–H groups in total. The van der Waals surface area contributed by atoms with Gasteiger partial charge in [0.1, 0.15) is 5.84 Å². The number of benzene rings is 2. The standard InChI is InChI=1S/C32H33F9N6O4/c1-3-21-15-23(22-14-18(30(33,34)35)7-8-25(22)47(21)29(48)50-4-2)44-28-43-16-26(51-9-5-6-27(42)46-49)24(45-28)12-17-10-19(31(36,37)38)13-20(11-17)32(39,40)41/h7-8,10-11,13-14,16,21,23,49H,3-6,9,12,15H2,1-2H3,(H2,42,46)(H,43,44,45)/t21-,23+/m1/s1. The van der Waals surface area contributed by atoms with Crippen LogP contribution in [-0.2, 0) is 29.7 Å². The van der Waals surface area contributed by atoms with Gasteiger partial charge in [-0.25, -0.2) is 14.8 Å². The van der Waals surface area contributed by atoms with E-state index in [2.05, 4.69) is 20.4 Å². The Morgan fingerprint density at radius 2 is 1.65 bits per heavy atom. The van der Waals surface area contributed by atoms with Crippen LogP contribution in [0.15, 0.2) is 47.8 Å². The molecule has 4 rings (SSSR count). The van der Waals surface area contributed by atoms with Gasteiger partial charge >= 0.3 is 24.6 Å². The van der Waals surface area contributed by atoms with Crippen LogP contribution >= 0.6 is 0 Å². The number of aromatic nitrogens is 2. The molecule has 0 bridgehead atoms. The van der Waals surface area contributed by atoms with Crippen LogP contribution in [0.3, 0.4) is 0 Å². The lowest BCUT2D eigenvalue weighted by Crippen LogP contribution is -2.46. The first-order chi connectivity index (χ1) is 23.8. The minimum absolute atomic E-state index is 0.00714. The average molecular weight is 737 g/mol. The highest BCUT2D eigenvalue weighted by atomic mass is 19.4. The number of fused-ring (bicyclic) bond motifs is 1. The first-order valence-electron chi connectivity index (χ1n) is 15.5. The predicted octanol–water partition coefficient (Wildman–Crippen LogP) is 8.33. The number of anilines is 2. The van der Waals surface area contributed by atoms with E-state index in [1.54, 1.807) is 13.8 Å². The summed E-state index contributed by atoms with van der Waals surface area (Å²) in [5, 5.41) is 14.5. The van der Waals surface area contributed by atoms with E-state index >= 15 is 0 Å². The van der Waals surface area contributed by atoms with Gasteiger partial charge in [-0.2, -0.15) is 39.5 Å². The summed E-state index contributed by atoms with van der Waals surface area (Å²) >= 11 is 0. The Morgan fingerprint density at radius 3 is 2.22 bits per heavy atom. The number of hydrogen-bond acceptors (Lipinski definition) is 8. The van der Waals surface area contributed by atoms with Crippen molar-refractivity contribution in [1.82, 2.24) is 9.97 Å². The molecule has 0 saturated carbocycles. The highest BCUT2D eigenvalue weighted by Gasteiger charge is 2.40. The average Bonchev–Trinajstić information content (AvgIpc) is 3.05. The van der Waals surface area contributed by atoms with Crippen molar-refractivity contribution in [3.8, 4) is 5.75 Å². The summed E-state index contributed by atoms with van der Waals surface area (Å²) < 4.78 is 134. The summed E-state index contributed by atoms with van der Waals surface area (Å²) in [6.07, 6.45) is -14.5. The lowest BCUT2D eigenvalue weighted by atomic mass is 9.89. The lowest BCUT2D eigenvalue weighted by Gasteiger charge is -2.40. The molecular weight excluding hydrogens is 703 g/mol. The topological polar surface area (TPSA) is 135 Å². The monoisotopic (exact) mass is 736 g/mol. The van der Waals surface area contributed by atoms with Crippen LogP contribution in [0.25, 0.3) is 0 Å². The fraction of sp³-hybridized carbons (Fsp3) is 0.438. The summed E-state index contributed by atoms with van der Waals surface area (Å²) in [6, 6.07) is 2.40. The zero-order valence-corrected chi connectivity index (χ0v) is 27.1. The number of oxime groups is 1. The number of amidine groups is 1. The molecule has 0 unspecified atom stereocenters. The second-order valence-electron chi connectivity index (χ2n) is 11.5. The molecule has 0 fully saturated rings. The van der Waals surface area contributed by atoms with Crippen LogP contribution in [0.1, 0.15) is 79.1 Å². The van der Waals surface area contributed by atoms with E-state index in [0.29, 0.717) is 18.6 Å². The van der Waals surface area contributed by atoms with Gasteiger partial charge in [0, 0.05) is 18.9 Å². The smallest absolute Gasteiger partial charge is 0.416 e. The second-order valence-corrected chi connectivity index (χ2v) is 11.5. The van der Waals surface area contributed by atoms with Gasteiger partial charge in [-0.1, -0.05) is 12.1 Å². The first kappa shape index (κ1) is 38.8. The Kier molecular flexibility index (Phi) is 11.8. The molecule has 2 atom stereocenters. The largest absolute Gasteiger partial charge is 0.490 e. The predicted molar refractivity (Wildman–Crippen MR) is 165 cm³/mol. The van der Waals surface area contributed by atoms with Gasteiger partial charge < -0.3 is 25.7 Å². The molecule has 0 spiro atoms. The number of carbonyl (C=O) groups is 1.